The van der Waals surface area contributed by atoms with Gasteiger partial charge in [0.15, 0.2) is 0 Å². The van der Waals surface area contributed by atoms with Gasteiger partial charge in [0.25, 0.3) is 0 Å². The summed E-state index contributed by atoms with van der Waals surface area (Å²) in [5, 5.41) is 0.895. The number of aryl methyl sites for hydroxylation is 1. The van der Waals surface area contributed by atoms with Crippen molar-refractivity contribution >= 4 is 22.5 Å². The van der Waals surface area contributed by atoms with Gasteiger partial charge in [-0.05, 0) is 62.4 Å². The average molecular weight is 378 g/mol. The first kappa shape index (κ1) is 19.1. The summed E-state index contributed by atoms with van der Waals surface area (Å²) in [5.74, 6) is 1.65. The van der Waals surface area contributed by atoms with Gasteiger partial charge in [-0.15, -0.1) is 0 Å². The van der Waals surface area contributed by atoms with E-state index < -0.39 is 0 Å². The van der Waals surface area contributed by atoms with Crippen molar-refractivity contribution in [1.82, 2.24) is 0 Å². The van der Waals surface area contributed by atoms with Gasteiger partial charge in [0, 0.05) is 4.90 Å². The van der Waals surface area contributed by atoms with E-state index in [1.54, 1.807) is 18.9 Å². The van der Waals surface area contributed by atoms with Crippen molar-refractivity contribution < 1.29 is 9.47 Å². The molecule has 3 rings (SSSR count). The SMILES string of the molecule is COc1ccc(N=C(Sc2ccccc2)C(C)Oc2ccc(C)cc2)cc1. The molecule has 0 aliphatic heterocycles. The largest absolute Gasteiger partial charge is 0.497 e. The van der Waals surface area contributed by atoms with Crippen LogP contribution in [0.5, 0.6) is 11.5 Å². The lowest BCUT2D eigenvalue weighted by molar-refractivity contribution is 0.290. The Morgan fingerprint density at radius 3 is 2.11 bits per heavy atom. The first-order valence-electron chi connectivity index (χ1n) is 8.83. The quantitative estimate of drug-likeness (QED) is 0.287. The van der Waals surface area contributed by atoms with Crippen LogP contribution >= 0.6 is 11.8 Å². The molecule has 1 unspecified atom stereocenters. The Morgan fingerprint density at radius 1 is 0.852 bits per heavy atom. The molecule has 0 bridgehead atoms. The van der Waals surface area contributed by atoms with E-state index in [4.69, 9.17) is 14.5 Å². The van der Waals surface area contributed by atoms with Gasteiger partial charge in [-0.2, -0.15) is 0 Å². The van der Waals surface area contributed by atoms with E-state index in [2.05, 4.69) is 19.1 Å². The number of hydrogen-bond donors (Lipinski definition) is 0. The summed E-state index contributed by atoms with van der Waals surface area (Å²) in [4.78, 5) is 5.97. The Balaban J connectivity index is 1.85. The van der Waals surface area contributed by atoms with Gasteiger partial charge in [0.1, 0.15) is 22.6 Å². The predicted octanol–water partition coefficient (Wildman–Crippen LogP) is 6.29. The molecule has 1 atom stereocenters. The number of ether oxygens (including phenoxy) is 2. The van der Waals surface area contributed by atoms with E-state index >= 15 is 0 Å². The minimum absolute atomic E-state index is 0.181. The van der Waals surface area contributed by atoms with Gasteiger partial charge >= 0.3 is 0 Å². The van der Waals surface area contributed by atoms with E-state index in [1.807, 2.05) is 73.7 Å². The van der Waals surface area contributed by atoms with Crippen molar-refractivity contribution in [3.8, 4) is 11.5 Å². The summed E-state index contributed by atoms with van der Waals surface area (Å²) in [6.07, 6.45) is -0.181. The number of hydrogen-bond acceptors (Lipinski definition) is 4. The highest BCUT2D eigenvalue weighted by molar-refractivity contribution is 8.14. The molecule has 0 aliphatic rings. The van der Waals surface area contributed by atoms with E-state index in [-0.39, 0.29) is 6.10 Å². The van der Waals surface area contributed by atoms with Crippen molar-refractivity contribution in [2.75, 3.05) is 7.11 Å². The Bertz CT molecular complexity index is 875. The number of benzene rings is 3. The Kier molecular flexibility index (Phi) is 6.55. The van der Waals surface area contributed by atoms with Crippen LogP contribution in [0.2, 0.25) is 0 Å². The maximum atomic E-state index is 6.14. The molecule has 0 heterocycles. The Morgan fingerprint density at radius 2 is 1.48 bits per heavy atom. The summed E-state index contributed by atoms with van der Waals surface area (Å²) >= 11 is 1.62. The minimum atomic E-state index is -0.181. The molecule has 0 saturated heterocycles. The van der Waals surface area contributed by atoms with Crippen molar-refractivity contribution in [3.05, 3.63) is 84.4 Å². The summed E-state index contributed by atoms with van der Waals surface area (Å²) in [5.41, 5.74) is 2.08. The highest BCUT2D eigenvalue weighted by Crippen LogP contribution is 2.27. The normalized spacial score (nSPS) is 12.5. The maximum Gasteiger partial charge on any atom is 0.144 e. The number of thioether (sulfide) groups is 1. The summed E-state index contributed by atoms with van der Waals surface area (Å²) in [6, 6.07) is 26.0. The zero-order valence-electron chi connectivity index (χ0n) is 15.8. The van der Waals surface area contributed by atoms with Crippen LogP contribution in [0.3, 0.4) is 0 Å². The minimum Gasteiger partial charge on any atom is -0.497 e. The Labute approximate surface area is 165 Å². The highest BCUT2D eigenvalue weighted by Gasteiger charge is 2.15. The fraction of sp³-hybridized carbons (Fsp3) is 0.174. The number of methoxy groups -OCH3 is 1. The van der Waals surface area contributed by atoms with Crippen LogP contribution in [0.15, 0.2) is 88.8 Å². The van der Waals surface area contributed by atoms with Crippen LogP contribution in [0.1, 0.15) is 12.5 Å². The molecule has 0 N–H and O–H groups in total. The molecule has 138 valence electrons. The second kappa shape index (κ2) is 9.28. The summed E-state index contributed by atoms with van der Waals surface area (Å²) in [6.45, 7) is 4.09. The lowest BCUT2D eigenvalue weighted by Gasteiger charge is -2.17. The van der Waals surface area contributed by atoms with Gasteiger partial charge in [0.05, 0.1) is 12.8 Å². The number of nitrogens with zero attached hydrogens (tertiary/aromatic N) is 1. The third-order valence-electron chi connectivity index (χ3n) is 3.96. The molecule has 0 spiro atoms. The molecular weight excluding hydrogens is 354 g/mol. The lowest BCUT2D eigenvalue weighted by Crippen LogP contribution is -2.21. The Hall–Kier alpha value is -2.72. The molecule has 3 nitrogen and oxygen atoms in total. The molecule has 3 aromatic rings. The standard InChI is InChI=1S/C23H23NO2S/c1-17-9-13-21(14-10-17)26-18(2)23(27-22-7-5-4-6-8-22)24-19-11-15-20(25-3)16-12-19/h4-16,18H,1-3H3. The van der Waals surface area contributed by atoms with Gasteiger partial charge in [0.2, 0.25) is 0 Å². The molecular formula is C23H23NO2S. The molecule has 0 radical (unpaired) electrons. The smallest absolute Gasteiger partial charge is 0.144 e. The van der Waals surface area contributed by atoms with Gasteiger partial charge < -0.3 is 9.47 Å². The van der Waals surface area contributed by atoms with E-state index in [9.17, 15) is 0 Å². The van der Waals surface area contributed by atoms with Crippen LogP contribution < -0.4 is 9.47 Å². The molecule has 0 fully saturated rings. The topological polar surface area (TPSA) is 30.8 Å². The van der Waals surface area contributed by atoms with Crippen molar-refractivity contribution in [1.29, 1.82) is 0 Å². The van der Waals surface area contributed by atoms with Gasteiger partial charge in [-0.25, -0.2) is 4.99 Å². The van der Waals surface area contributed by atoms with Crippen molar-refractivity contribution in [2.24, 2.45) is 4.99 Å². The third kappa shape index (κ3) is 5.63. The van der Waals surface area contributed by atoms with Crippen LogP contribution in [0.4, 0.5) is 5.69 Å². The second-order valence-corrected chi connectivity index (χ2v) is 7.23. The second-order valence-electron chi connectivity index (χ2n) is 6.14. The van der Waals surface area contributed by atoms with E-state index in [1.165, 1.54) is 5.56 Å². The van der Waals surface area contributed by atoms with Crippen LogP contribution in [0.25, 0.3) is 0 Å². The van der Waals surface area contributed by atoms with E-state index in [0.717, 1.165) is 27.1 Å². The number of aliphatic imine (C=N–C) groups is 1. The van der Waals surface area contributed by atoms with Crippen LogP contribution in [-0.4, -0.2) is 18.3 Å². The molecule has 0 aromatic heterocycles. The van der Waals surface area contributed by atoms with Crippen molar-refractivity contribution in [2.45, 2.75) is 24.8 Å². The van der Waals surface area contributed by atoms with Gasteiger partial charge in [-0.3, -0.25) is 0 Å². The first-order valence-corrected chi connectivity index (χ1v) is 9.64. The monoisotopic (exact) mass is 377 g/mol. The van der Waals surface area contributed by atoms with Crippen LogP contribution in [-0.2, 0) is 0 Å². The molecule has 3 aromatic carbocycles. The predicted molar refractivity (Wildman–Crippen MR) is 114 cm³/mol. The molecule has 0 amide bonds. The van der Waals surface area contributed by atoms with E-state index in [0.29, 0.717) is 0 Å². The number of rotatable bonds is 6. The third-order valence-corrected chi connectivity index (χ3v) is 5.10. The van der Waals surface area contributed by atoms with Gasteiger partial charge in [-0.1, -0.05) is 47.7 Å². The highest BCUT2D eigenvalue weighted by atomic mass is 32.2. The zero-order valence-corrected chi connectivity index (χ0v) is 16.6. The average Bonchev–Trinajstić information content (AvgIpc) is 2.70. The maximum absolute atomic E-state index is 6.14. The molecule has 27 heavy (non-hydrogen) atoms. The molecule has 0 aliphatic carbocycles. The molecule has 0 saturated carbocycles. The summed E-state index contributed by atoms with van der Waals surface area (Å²) < 4.78 is 11.4. The molecule has 4 heteroatoms. The zero-order chi connectivity index (χ0) is 19.1. The lowest BCUT2D eigenvalue weighted by atomic mass is 10.2. The fourth-order valence-electron chi connectivity index (χ4n) is 2.46. The fourth-order valence-corrected chi connectivity index (χ4v) is 3.36. The first-order chi connectivity index (χ1) is 13.1. The van der Waals surface area contributed by atoms with Crippen LogP contribution in [0, 0.1) is 6.92 Å². The van der Waals surface area contributed by atoms with Crippen molar-refractivity contribution in [3.63, 3.8) is 0 Å². The summed E-state index contributed by atoms with van der Waals surface area (Å²) in [7, 11) is 1.66.